The maximum Gasteiger partial charge on any atom is 0.123 e. The van der Waals surface area contributed by atoms with Crippen molar-refractivity contribution < 1.29 is 0 Å². The Bertz CT molecular complexity index is 66.3. The van der Waals surface area contributed by atoms with Crippen LogP contribution in [-0.4, -0.2) is 9.84 Å². The molecule has 0 atom stereocenters. The van der Waals surface area contributed by atoms with Crippen molar-refractivity contribution in [2.45, 2.75) is 21.4 Å². The minimum Gasteiger partial charge on any atom is -0.0668 e. The number of hydrogen-bond acceptors (Lipinski definition) is 0. The van der Waals surface area contributed by atoms with Crippen LogP contribution in [0.4, 0.5) is 0 Å². The molecular weight excluding hydrogens is 316 g/mol. The Balaban J connectivity index is 4.02. The topological polar surface area (TPSA) is 0 Å². The first kappa shape index (κ1) is 9.66. The van der Waals surface area contributed by atoms with Crippen LogP contribution in [0.15, 0.2) is 0 Å². The van der Waals surface area contributed by atoms with Crippen LogP contribution >= 0.6 is 47.8 Å². The van der Waals surface area contributed by atoms with Crippen LogP contribution in [0.3, 0.4) is 0 Å². The Hall–Kier alpha value is 1.66. The van der Waals surface area contributed by atoms with Crippen LogP contribution in [0.25, 0.3) is 0 Å². The van der Waals surface area contributed by atoms with Gasteiger partial charge in [0.05, 0.1) is 8.07 Å². The molecule has 0 spiro atoms. The molecule has 50 valence electrons. The highest BCUT2D eigenvalue weighted by Gasteiger charge is 2.35. The first-order valence-electron chi connectivity index (χ1n) is 2.32. The van der Waals surface area contributed by atoms with Gasteiger partial charge >= 0.3 is 0 Å². The van der Waals surface area contributed by atoms with Crippen molar-refractivity contribution in [1.82, 2.24) is 0 Å². The summed E-state index contributed by atoms with van der Waals surface area (Å²) in [5, 5.41) is 0. The van der Waals surface area contributed by atoms with E-state index in [0.717, 1.165) is 0 Å². The SMILES string of the molecule is C[Si](C)(C)C(Br)(Br)Br. The second-order valence-corrected chi connectivity index (χ2v) is 17.0. The lowest BCUT2D eigenvalue weighted by atomic mass is 11.8. The number of hydrogen-bond donors (Lipinski definition) is 0. The number of alkyl halides is 3. The lowest BCUT2D eigenvalue weighted by Gasteiger charge is -2.26. The third-order valence-corrected chi connectivity index (χ3v) is 13.3. The molecule has 0 aliphatic rings. The van der Waals surface area contributed by atoms with Crippen molar-refractivity contribution in [3.05, 3.63) is 0 Å². The molecule has 0 N–H and O–H groups in total. The van der Waals surface area contributed by atoms with E-state index in [1.54, 1.807) is 0 Å². The van der Waals surface area contributed by atoms with Crippen molar-refractivity contribution in [2.75, 3.05) is 0 Å². The smallest absolute Gasteiger partial charge is 0.0668 e. The molecule has 0 aromatic heterocycles. The first-order valence-corrected chi connectivity index (χ1v) is 8.20. The van der Waals surface area contributed by atoms with Crippen LogP contribution in [0.1, 0.15) is 0 Å². The van der Waals surface area contributed by atoms with Gasteiger partial charge in [0.2, 0.25) is 0 Å². The molecule has 0 aliphatic heterocycles. The minimum atomic E-state index is -1.11. The molecule has 0 aromatic rings. The fraction of sp³-hybridized carbons (Fsp3) is 1.00. The normalized spacial score (nSPS) is 14.2. The second-order valence-electron chi connectivity index (χ2n) is 2.75. The van der Waals surface area contributed by atoms with Gasteiger partial charge in [-0.3, -0.25) is 0 Å². The van der Waals surface area contributed by atoms with Gasteiger partial charge in [0.15, 0.2) is 0 Å². The molecule has 0 rings (SSSR count). The molecule has 0 aromatic carbocycles. The van der Waals surface area contributed by atoms with E-state index in [1.165, 1.54) is 0 Å². The molecule has 0 nitrogen and oxygen atoms in total. The number of rotatable bonds is 0. The second kappa shape index (κ2) is 2.72. The molecule has 8 heavy (non-hydrogen) atoms. The summed E-state index contributed by atoms with van der Waals surface area (Å²) in [5.74, 6) is 0. The summed E-state index contributed by atoms with van der Waals surface area (Å²) in [4.78, 5) is 0. The summed E-state index contributed by atoms with van der Waals surface area (Å²) >= 11 is 10.5. The zero-order valence-corrected chi connectivity index (χ0v) is 10.9. The van der Waals surface area contributed by atoms with E-state index < -0.39 is 8.07 Å². The summed E-state index contributed by atoms with van der Waals surface area (Å²) < 4.78 is 0.0139. The Morgan fingerprint density at radius 1 is 1.00 bits per heavy atom. The molecule has 0 radical (unpaired) electrons. The van der Waals surface area contributed by atoms with Gasteiger partial charge in [0, 0.05) is 0 Å². The highest BCUT2D eigenvalue weighted by atomic mass is 80.0. The van der Waals surface area contributed by atoms with E-state index in [1.807, 2.05) is 0 Å². The Labute approximate surface area is 76.8 Å². The lowest BCUT2D eigenvalue weighted by Crippen LogP contribution is -2.36. The summed E-state index contributed by atoms with van der Waals surface area (Å²) in [7, 11) is -1.11. The Morgan fingerprint density at radius 3 is 1.12 bits per heavy atom. The Morgan fingerprint density at radius 2 is 1.12 bits per heavy atom. The molecule has 0 bridgehead atoms. The predicted molar refractivity (Wildman–Crippen MR) is 52.9 cm³/mol. The molecule has 0 fully saturated rings. The van der Waals surface area contributed by atoms with E-state index in [9.17, 15) is 0 Å². The summed E-state index contributed by atoms with van der Waals surface area (Å²) in [6, 6.07) is 0. The third-order valence-electron chi connectivity index (χ3n) is 0.850. The quantitative estimate of drug-likeness (QED) is 0.471. The monoisotopic (exact) mass is 322 g/mol. The van der Waals surface area contributed by atoms with E-state index in [4.69, 9.17) is 0 Å². The van der Waals surface area contributed by atoms with Gasteiger partial charge in [0.1, 0.15) is 1.77 Å². The van der Waals surface area contributed by atoms with E-state index in [2.05, 4.69) is 67.4 Å². The molecule has 4 heteroatoms. The maximum atomic E-state index is 3.49. The predicted octanol–water partition coefficient (Wildman–Crippen LogP) is 3.70. The average molecular weight is 325 g/mol. The largest absolute Gasteiger partial charge is 0.123 e. The standard InChI is InChI=1S/C4H9Br3Si/c1-8(2,3)4(5,6)7/h1-3H3. The van der Waals surface area contributed by atoms with Crippen molar-refractivity contribution in [1.29, 1.82) is 0 Å². The van der Waals surface area contributed by atoms with E-state index in [-0.39, 0.29) is 1.77 Å². The zero-order valence-electron chi connectivity index (χ0n) is 5.13. The van der Waals surface area contributed by atoms with Crippen molar-refractivity contribution in [3.63, 3.8) is 0 Å². The summed E-state index contributed by atoms with van der Waals surface area (Å²) in [6.45, 7) is 6.81. The van der Waals surface area contributed by atoms with Gasteiger partial charge in [-0.05, 0) is 0 Å². The van der Waals surface area contributed by atoms with Crippen LogP contribution < -0.4 is 0 Å². The highest BCUT2D eigenvalue weighted by Crippen LogP contribution is 2.42. The number of halogens is 3. The first-order chi connectivity index (χ1) is 3.25. The van der Waals surface area contributed by atoms with Crippen LogP contribution in [-0.2, 0) is 0 Å². The van der Waals surface area contributed by atoms with Gasteiger partial charge in [0.25, 0.3) is 0 Å². The molecular formula is C4H9Br3Si. The highest BCUT2D eigenvalue weighted by molar-refractivity contribution is 9.40. The van der Waals surface area contributed by atoms with Gasteiger partial charge < -0.3 is 0 Å². The minimum absolute atomic E-state index is 0.0139. The molecule has 0 saturated carbocycles. The van der Waals surface area contributed by atoms with Gasteiger partial charge in [-0.15, -0.1) is 0 Å². The molecule has 0 heterocycles. The van der Waals surface area contributed by atoms with E-state index >= 15 is 0 Å². The third kappa shape index (κ3) is 2.99. The van der Waals surface area contributed by atoms with Crippen molar-refractivity contribution >= 4 is 55.9 Å². The summed E-state index contributed by atoms with van der Waals surface area (Å²) in [5.41, 5.74) is 0. The fourth-order valence-electron chi connectivity index (χ4n) is 0. The van der Waals surface area contributed by atoms with Gasteiger partial charge in [-0.25, -0.2) is 0 Å². The van der Waals surface area contributed by atoms with E-state index in [0.29, 0.717) is 0 Å². The van der Waals surface area contributed by atoms with Gasteiger partial charge in [-0.2, -0.15) is 0 Å². The fourth-order valence-corrected chi connectivity index (χ4v) is 0. The molecule has 0 saturated heterocycles. The Kier molecular flexibility index (Phi) is 3.28. The van der Waals surface area contributed by atoms with Crippen LogP contribution in [0.5, 0.6) is 0 Å². The average Bonchev–Trinajstić information content (AvgIpc) is 1.25. The molecule has 0 aliphatic carbocycles. The summed E-state index contributed by atoms with van der Waals surface area (Å²) in [6.07, 6.45) is 0. The van der Waals surface area contributed by atoms with Crippen molar-refractivity contribution in [2.24, 2.45) is 0 Å². The molecule has 0 unspecified atom stereocenters. The van der Waals surface area contributed by atoms with Crippen LogP contribution in [0, 0.1) is 0 Å². The van der Waals surface area contributed by atoms with Crippen molar-refractivity contribution in [3.8, 4) is 0 Å². The maximum absolute atomic E-state index is 3.49. The van der Waals surface area contributed by atoms with Crippen LogP contribution in [0.2, 0.25) is 19.6 Å². The lowest BCUT2D eigenvalue weighted by molar-refractivity contribution is 1.61. The molecule has 0 amide bonds. The zero-order chi connectivity index (χ0) is 7.00. The van der Waals surface area contributed by atoms with Gasteiger partial charge in [-0.1, -0.05) is 67.4 Å².